The summed E-state index contributed by atoms with van der Waals surface area (Å²) in [6.07, 6.45) is 1.02. The maximum Gasteiger partial charge on any atom is 0.330 e. The number of hydrogen-bond donors (Lipinski definition) is 0. The number of amides is 1. The van der Waals surface area contributed by atoms with Crippen LogP contribution in [0.25, 0.3) is 0 Å². The van der Waals surface area contributed by atoms with Crippen molar-refractivity contribution in [2.75, 3.05) is 0 Å². The molecule has 0 saturated carbocycles. The van der Waals surface area contributed by atoms with Gasteiger partial charge in [-0.05, 0) is 43.9 Å². The minimum absolute atomic E-state index is 0.00897. The average Bonchev–Trinajstić information content (AvgIpc) is 3.06. The highest BCUT2D eigenvalue weighted by Gasteiger charge is 2.57. The summed E-state index contributed by atoms with van der Waals surface area (Å²) >= 11 is 0. The van der Waals surface area contributed by atoms with Crippen LogP contribution < -0.4 is 0 Å². The highest BCUT2D eigenvalue weighted by molar-refractivity contribution is 7.89. The minimum atomic E-state index is -4.19. The van der Waals surface area contributed by atoms with E-state index in [1.807, 2.05) is 51.1 Å². The molecule has 1 aliphatic heterocycles. The highest BCUT2D eigenvalue weighted by atomic mass is 32.2. The molecule has 1 heterocycles. The Labute approximate surface area is 177 Å². The van der Waals surface area contributed by atoms with Crippen molar-refractivity contribution in [3.63, 3.8) is 0 Å². The molecule has 160 valence electrons. The van der Waals surface area contributed by atoms with E-state index in [-0.39, 0.29) is 17.9 Å². The Morgan fingerprint density at radius 2 is 1.67 bits per heavy atom. The van der Waals surface area contributed by atoms with Gasteiger partial charge in [0.15, 0.2) is 0 Å². The van der Waals surface area contributed by atoms with Gasteiger partial charge >= 0.3 is 5.97 Å². The van der Waals surface area contributed by atoms with Crippen LogP contribution >= 0.6 is 0 Å². The van der Waals surface area contributed by atoms with Crippen LogP contribution in [0.1, 0.15) is 44.2 Å². The van der Waals surface area contributed by atoms with Crippen molar-refractivity contribution in [3.05, 3.63) is 65.7 Å². The van der Waals surface area contributed by atoms with E-state index in [9.17, 15) is 18.0 Å². The van der Waals surface area contributed by atoms with Crippen LogP contribution in [0.2, 0.25) is 0 Å². The Balaban J connectivity index is 1.95. The SMILES string of the molecule is CCC1(CC)C[C@@H](C(=O)OCc2ccccc2)N(S(=O)(=O)c2ccc(C)cc2)C1=O. The Hall–Kier alpha value is -2.67. The van der Waals surface area contributed by atoms with Crippen LogP contribution in [0.4, 0.5) is 0 Å². The first-order valence-electron chi connectivity index (χ1n) is 10.1. The van der Waals surface area contributed by atoms with Crippen LogP contribution in [0.3, 0.4) is 0 Å². The van der Waals surface area contributed by atoms with Crippen molar-refractivity contribution in [1.29, 1.82) is 0 Å². The van der Waals surface area contributed by atoms with Gasteiger partial charge in [0.05, 0.1) is 10.3 Å². The standard InChI is InChI=1S/C23H27NO5S/c1-4-23(5-2)15-20(21(25)29-16-18-9-7-6-8-10-18)24(22(23)26)30(27,28)19-13-11-17(3)12-14-19/h6-14,20H,4-5,15-16H2,1-3H3/t20-/m0/s1. The number of sulfonamides is 1. The van der Waals surface area contributed by atoms with Crippen molar-refractivity contribution >= 4 is 21.9 Å². The molecule has 0 aromatic heterocycles. The second-order valence-electron chi connectivity index (χ2n) is 7.72. The highest BCUT2D eigenvalue weighted by Crippen LogP contribution is 2.44. The van der Waals surface area contributed by atoms with Crippen molar-refractivity contribution in [2.24, 2.45) is 5.41 Å². The van der Waals surface area contributed by atoms with E-state index in [1.165, 1.54) is 12.1 Å². The number of aryl methyl sites for hydroxylation is 1. The van der Waals surface area contributed by atoms with E-state index in [2.05, 4.69) is 0 Å². The molecular weight excluding hydrogens is 402 g/mol. The molecular formula is C23H27NO5S. The van der Waals surface area contributed by atoms with Gasteiger partial charge in [-0.2, -0.15) is 0 Å². The Kier molecular flexibility index (Phi) is 6.31. The first-order valence-corrected chi connectivity index (χ1v) is 11.6. The van der Waals surface area contributed by atoms with Gasteiger partial charge in [-0.1, -0.05) is 61.9 Å². The zero-order valence-corrected chi connectivity index (χ0v) is 18.3. The molecule has 3 rings (SSSR count). The fraction of sp³-hybridized carbons (Fsp3) is 0.391. The van der Waals surface area contributed by atoms with Crippen molar-refractivity contribution in [3.8, 4) is 0 Å². The molecule has 1 atom stereocenters. The summed E-state index contributed by atoms with van der Waals surface area (Å²) in [4.78, 5) is 26.2. The quantitative estimate of drug-likeness (QED) is 0.625. The fourth-order valence-electron chi connectivity index (χ4n) is 3.86. The lowest BCUT2D eigenvalue weighted by molar-refractivity contribution is -0.150. The number of nitrogens with zero attached hydrogens (tertiary/aromatic N) is 1. The zero-order chi connectivity index (χ0) is 21.9. The second kappa shape index (κ2) is 8.60. The van der Waals surface area contributed by atoms with Crippen molar-refractivity contribution in [2.45, 2.75) is 57.6 Å². The van der Waals surface area contributed by atoms with E-state index < -0.39 is 33.4 Å². The van der Waals surface area contributed by atoms with Crippen LogP contribution in [-0.4, -0.2) is 30.6 Å². The molecule has 1 fully saturated rings. The molecule has 2 aromatic carbocycles. The zero-order valence-electron chi connectivity index (χ0n) is 17.5. The summed E-state index contributed by atoms with van der Waals surface area (Å²) in [5.74, 6) is -1.23. The third-order valence-electron chi connectivity index (χ3n) is 5.95. The minimum Gasteiger partial charge on any atom is -0.459 e. The molecule has 7 heteroatoms. The lowest BCUT2D eigenvalue weighted by Gasteiger charge is -2.25. The lowest BCUT2D eigenvalue weighted by Crippen LogP contribution is -2.44. The Morgan fingerprint density at radius 3 is 2.23 bits per heavy atom. The third kappa shape index (κ3) is 3.99. The van der Waals surface area contributed by atoms with Gasteiger partial charge < -0.3 is 4.74 Å². The van der Waals surface area contributed by atoms with Gasteiger partial charge in [-0.25, -0.2) is 17.5 Å². The summed E-state index contributed by atoms with van der Waals surface area (Å²) in [5.41, 5.74) is 0.797. The summed E-state index contributed by atoms with van der Waals surface area (Å²) < 4.78 is 32.9. The predicted octanol–water partition coefficient (Wildman–Crippen LogP) is 3.83. The Bertz CT molecular complexity index is 1010. The van der Waals surface area contributed by atoms with E-state index in [4.69, 9.17) is 4.74 Å². The molecule has 30 heavy (non-hydrogen) atoms. The molecule has 0 unspecified atom stereocenters. The van der Waals surface area contributed by atoms with E-state index in [0.717, 1.165) is 15.4 Å². The summed E-state index contributed by atoms with van der Waals surface area (Å²) in [7, 11) is -4.19. The number of carbonyl (C=O) groups excluding carboxylic acids is 2. The molecule has 1 aliphatic rings. The molecule has 0 N–H and O–H groups in total. The van der Waals surface area contributed by atoms with E-state index >= 15 is 0 Å². The van der Waals surface area contributed by atoms with Gasteiger partial charge in [0, 0.05) is 0 Å². The molecule has 0 spiro atoms. The fourth-order valence-corrected chi connectivity index (χ4v) is 5.48. The van der Waals surface area contributed by atoms with Gasteiger partial charge in [0.25, 0.3) is 10.0 Å². The molecule has 6 nitrogen and oxygen atoms in total. The number of esters is 1. The maximum atomic E-state index is 13.4. The number of hydrogen-bond acceptors (Lipinski definition) is 5. The molecule has 1 amide bonds. The van der Waals surface area contributed by atoms with Gasteiger partial charge in [-0.15, -0.1) is 0 Å². The largest absolute Gasteiger partial charge is 0.459 e. The smallest absolute Gasteiger partial charge is 0.330 e. The van der Waals surface area contributed by atoms with E-state index in [0.29, 0.717) is 12.8 Å². The molecule has 2 aromatic rings. The molecule has 1 saturated heterocycles. The van der Waals surface area contributed by atoms with Crippen LogP contribution in [0, 0.1) is 12.3 Å². The van der Waals surface area contributed by atoms with Crippen molar-refractivity contribution in [1.82, 2.24) is 4.31 Å². The van der Waals surface area contributed by atoms with Gasteiger partial charge in [0.2, 0.25) is 5.91 Å². The predicted molar refractivity (Wildman–Crippen MR) is 113 cm³/mol. The van der Waals surface area contributed by atoms with Crippen LogP contribution in [0.15, 0.2) is 59.5 Å². The topological polar surface area (TPSA) is 80.8 Å². The van der Waals surface area contributed by atoms with E-state index in [1.54, 1.807) is 12.1 Å². The normalized spacial score (nSPS) is 18.4. The summed E-state index contributed by atoms with van der Waals surface area (Å²) in [5, 5.41) is 0. The van der Waals surface area contributed by atoms with Gasteiger partial charge in [-0.3, -0.25) is 4.79 Å². The number of carbonyl (C=O) groups is 2. The molecule has 0 aliphatic carbocycles. The average molecular weight is 430 g/mol. The number of benzene rings is 2. The monoisotopic (exact) mass is 429 g/mol. The second-order valence-corrected chi connectivity index (χ2v) is 9.53. The molecule has 0 bridgehead atoms. The van der Waals surface area contributed by atoms with Crippen LogP contribution in [-0.2, 0) is 31.0 Å². The summed E-state index contributed by atoms with van der Waals surface area (Å²) in [6.45, 7) is 5.56. The van der Waals surface area contributed by atoms with Crippen LogP contribution in [0.5, 0.6) is 0 Å². The first-order chi connectivity index (χ1) is 14.2. The first kappa shape index (κ1) is 22.0. The van der Waals surface area contributed by atoms with Gasteiger partial charge in [0.1, 0.15) is 12.6 Å². The third-order valence-corrected chi connectivity index (χ3v) is 7.75. The maximum absolute atomic E-state index is 13.4. The summed E-state index contributed by atoms with van der Waals surface area (Å²) in [6, 6.07) is 14.2. The van der Waals surface area contributed by atoms with Crippen molar-refractivity contribution < 1.29 is 22.7 Å². The number of rotatable bonds is 7. The Morgan fingerprint density at radius 1 is 1.07 bits per heavy atom. The lowest BCUT2D eigenvalue weighted by atomic mass is 9.79. The number of ether oxygens (including phenoxy) is 1. The molecule has 0 radical (unpaired) electrons.